The fourth-order valence-electron chi connectivity index (χ4n) is 3.88. The Hall–Kier alpha value is -3.48. The largest absolute Gasteiger partial charge is 0.361 e. The average Bonchev–Trinajstić information content (AvgIpc) is 2.82. The lowest BCUT2D eigenvalue weighted by Gasteiger charge is -2.23. The minimum atomic E-state index is -0.378. The summed E-state index contributed by atoms with van der Waals surface area (Å²) in [7, 11) is 0. The molecule has 0 radical (unpaired) electrons. The van der Waals surface area contributed by atoms with Crippen LogP contribution >= 0.6 is 23.2 Å². The van der Waals surface area contributed by atoms with E-state index in [2.05, 4.69) is 20.3 Å². The maximum atomic E-state index is 13.6. The summed E-state index contributed by atoms with van der Waals surface area (Å²) in [6.07, 6.45) is 3.13. The molecule has 8 heteroatoms. The van der Waals surface area contributed by atoms with Gasteiger partial charge in [-0.25, -0.2) is 15.0 Å². The maximum absolute atomic E-state index is 13.6. The van der Waals surface area contributed by atoms with Gasteiger partial charge in [-0.05, 0) is 37.3 Å². The van der Waals surface area contributed by atoms with E-state index in [4.69, 9.17) is 23.2 Å². The van der Waals surface area contributed by atoms with Crippen molar-refractivity contribution in [3.8, 4) is 5.69 Å². The van der Waals surface area contributed by atoms with E-state index >= 15 is 0 Å². The molecule has 2 aromatic carbocycles. The molecule has 0 bridgehead atoms. The van der Waals surface area contributed by atoms with Crippen LogP contribution in [0.2, 0.25) is 10.0 Å². The number of aromatic nitrogens is 4. The Morgan fingerprint density at radius 3 is 2.50 bits per heavy atom. The van der Waals surface area contributed by atoms with E-state index in [1.807, 2.05) is 49.4 Å². The highest BCUT2D eigenvalue weighted by molar-refractivity contribution is 6.40. The Morgan fingerprint density at radius 2 is 1.69 bits per heavy atom. The third-order valence-electron chi connectivity index (χ3n) is 5.32. The van der Waals surface area contributed by atoms with Crippen LogP contribution in [0.15, 0.2) is 78.0 Å². The van der Waals surface area contributed by atoms with Crippen LogP contribution in [0.3, 0.4) is 0 Å². The molecule has 0 aliphatic heterocycles. The quantitative estimate of drug-likeness (QED) is 0.365. The van der Waals surface area contributed by atoms with Gasteiger partial charge in [0.05, 0.1) is 32.6 Å². The zero-order valence-corrected chi connectivity index (χ0v) is 18.5. The van der Waals surface area contributed by atoms with Gasteiger partial charge in [0, 0.05) is 17.3 Å². The first-order valence-electron chi connectivity index (χ1n) is 9.96. The van der Waals surface area contributed by atoms with E-state index in [1.165, 1.54) is 6.33 Å². The van der Waals surface area contributed by atoms with Crippen LogP contribution in [0.4, 0.5) is 5.82 Å². The van der Waals surface area contributed by atoms with Gasteiger partial charge in [0.25, 0.3) is 5.56 Å². The highest BCUT2D eigenvalue weighted by Crippen LogP contribution is 2.35. The van der Waals surface area contributed by atoms with Crippen LogP contribution in [0.25, 0.3) is 27.5 Å². The van der Waals surface area contributed by atoms with Gasteiger partial charge >= 0.3 is 0 Å². The standard InChI is InChI=1S/C24H17Cl2N5O/c1-14(30-23-17-10-6-12-27-22(17)28-13-29-23)21-20(26)16-9-5-11-18(25)19(16)24(32)31(21)15-7-3-2-4-8-15/h2-14H,1H3,(H,27,28,29,30)/t14-/m0/s1. The van der Waals surface area contributed by atoms with Gasteiger partial charge in [-0.3, -0.25) is 9.36 Å². The van der Waals surface area contributed by atoms with Crippen molar-refractivity contribution in [1.29, 1.82) is 0 Å². The van der Waals surface area contributed by atoms with E-state index in [1.54, 1.807) is 29.0 Å². The molecule has 0 spiro atoms. The van der Waals surface area contributed by atoms with E-state index in [9.17, 15) is 4.79 Å². The van der Waals surface area contributed by atoms with Gasteiger partial charge in [0.2, 0.25) is 0 Å². The molecule has 0 fully saturated rings. The highest BCUT2D eigenvalue weighted by Gasteiger charge is 2.23. The average molecular weight is 462 g/mol. The van der Waals surface area contributed by atoms with Crippen molar-refractivity contribution in [2.24, 2.45) is 0 Å². The molecule has 0 unspecified atom stereocenters. The second kappa shape index (κ2) is 8.22. The van der Waals surface area contributed by atoms with Crippen molar-refractivity contribution < 1.29 is 0 Å². The zero-order valence-electron chi connectivity index (χ0n) is 17.0. The molecule has 0 aliphatic rings. The number of pyridine rings is 2. The summed E-state index contributed by atoms with van der Waals surface area (Å²) < 4.78 is 1.61. The van der Waals surface area contributed by atoms with Crippen LogP contribution < -0.4 is 10.9 Å². The fourth-order valence-corrected chi connectivity index (χ4v) is 4.54. The molecular formula is C24H17Cl2N5O. The van der Waals surface area contributed by atoms with Crippen LogP contribution in [0.1, 0.15) is 18.7 Å². The second-order valence-corrected chi connectivity index (χ2v) is 8.09. The van der Waals surface area contributed by atoms with Crippen molar-refractivity contribution in [3.05, 3.63) is 99.3 Å². The highest BCUT2D eigenvalue weighted by atomic mass is 35.5. The number of nitrogens with one attached hydrogen (secondary N) is 1. The Balaban J connectivity index is 1.76. The van der Waals surface area contributed by atoms with E-state index < -0.39 is 0 Å². The van der Waals surface area contributed by atoms with Gasteiger partial charge in [-0.15, -0.1) is 0 Å². The lowest BCUT2D eigenvalue weighted by molar-refractivity contribution is 0.774. The first-order chi connectivity index (χ1) is 15.6. The number of hydrogen-bond donors (Lipinski definition) is 1. The minimum Gasteiger partial charge on any atom is -0.361 e. The number of benzene rings is 2. The summed E-state index contributed by atoms with van der Waals surface area (Å²) in [4.78, 5) is 26.5. The first kappa shape index (κ1) is 20.4. The number of para-hydroxylation sites is 1. The Kier molecular flexibility index (Phi) is 5.25. The third-order valence-corrected chi connectivity index (χ3v) is 6.03. The van der Waals surface area contributed by atoms with E-state index in [0.29, 0.717) is 43.7 Å². The molecule has 3 aromatic heterocycles. The van der Waals surface area contributed by atoms with Gasteiger partial charge in [-0.1, -0.05) is 53.5 Å². The molecule has 5 rings (SSSR count). The first-order valence-corrected chi connectivity index (χ1v) is 10.7. The van der Waals surface area contributed by atoms with Crippen molar-refractivity contribution in [1.82, 2.24) is 19.5 Å². The number of hydrogen-bond acceptors (Lipinski definition) is 5. The Morgan fingerprint density at radius 1 is 0.906 bits per heavy atom. The van der Waals surface area contributed by atoms with Crippen molar-refractivity contribution in [3.63, 3.8) is 0 Å². The lowest BCUT2D eigenvalue weighted by atomic mass is 10.1. The Bertz CT molecular complexity index is 1510. The van der Waals surface area contributed by atoms with Crippen LogP contribution in [0.5, 0.6) is 0 Å². The Labute approximate surface area is 193 Å². The summed E-state index contributed by atoms with van der Waals surface area (Å²) in [5.74, 6) is 0.602. The monoisotopic (exact) mass is 461 g/mol. The van der Waals surface area contributed by atoms with E-state index in [-0.39, 0.29) is 11.6 Å². The summed E-state index contributed by atoms with van der Waals surface area (Å²) in [5, 5.41) is 5.96. The summed E-state index contributed by atoms with van der Waals surface area (Å²) in [6, 6.07) is 18.0. The summed E-state index contributed by atoms with van der Waals surface area (Å²) in [5.41, 5.74) is 1.64. The molecule has 0 saturated carbocycles. The molecule has 3 heterocycles. The fraction of sp³-hybridized carbons (Fsp3) is 0.0833. The SMILES string of the molecule is C[C@H](Nc1ncnc2ncccc12)c1c(Cl)c2cccc(Cl)c2c(=O)n1-c1ccccc1. The normalized spacial score (nSPS) is 12.2. The molecule has 158 valence electrons. The lowest BCUT2D eigenvalue weighted by Crippen LogP contribution is -2.26. The van der Waals surface area contributed by atoms with Crippen molar-refractivity contribution >= 4 is 50.8 Å². The zero-order chi connectivity index (χ0) is 22.2. The molecule has 0 aliphatic carbocycles. The molecule has 1 N–H and O–H groups in total. The number of fused-ring (bicyclic) bond motifs is 2. The van der Waals surface area contributed by atoms with Crippen molar-refractivity contribution in [2.45, 2.75) is 13.0 Å². The van der Waals surface area contributed by atoms with Crippen molar-refractivity contribution in [2.75, 3.05) is 5.32 Å². The maximum Gasteiger partial charge on any atom is 0.264 e. The van der Waals surface area contributed by atoms with Crippen LogP contribution in [0, 0.1) is 0 Å². The number of nitrogens with zero attached hydrogens (tertiary/aromatic N) is 4. The molecule has 5 aromatic rings. The number of halogens is 2. The predicted octanol–water partition coefficient (Wildman–Crippen LogP) is 5.81. The molecule has 0 saturated heterocycles. The molecule has 1 atom stereocenters. The molecule has 6 nitrogen and oxygen atoms in total. The smallest absolute Gasteiger partial charge is 0.264 e. The summed E-state index contributed by atoms with van der Waals surface area (Å²) >= 11 is 13.3. The van der Waals surface area contributed by atoms with Gasteiger partial charge in [-0.2, -0.15) is 0 Å². The summed E-state index contributed by atoms with van der Waals surface area (Å²) in [6.45, 7) is 1.93. The van der Waals surface area contributed by atoms with Crippen LogP contribution in [-0.2, 0) is 0 Å². The van der Waals surface area contributed by atoms with Gasteiger partial charge in [0.1, 0.15) is 12.1 Å². The topological polar surface area (TPSA) is 72.7 Å². The van der Waals surface area contributed by atoms with Crippen LogP contribution in [-0.4, -0.2) is 19.5 Å². The number of rotatable bonds is 4. The van der Waals surface area contributed by atoms with E-state index in [0.717, 1.165) is 5.39 Å². The third kappa shape index (κ3) is 3.38. The molecular weight excluding hydrogens is 445 g/mol. The van der Waals surface area contributed by atoms with Gasteiger partial charge in [0.15, 0.2) is 5.65 Å². The molecule has 32 heavy (non-hydrogen) atoms. The van der Waals surface area contributed by atoms with Gasteiger partial charge < -0.3 is 5.32 Å². The minimum absolute atomic E-state index is 0.237. The predicted molar refractivity (Wildman–Crippen MR) is 129 cm³/mol. The second-order valence-electron chi connectivity index (χ2n) is 7.30. The molecule has 0 amide bonds. The number of anilines is 1.